The highest BCUT2D eigenvalue weighted by molar-refractivity contribution is 7.92. The molecule has 0 atom stereocenters. The molecule has 0 fully saturated rings. The molecular weight excluding hydrogens is 362 g/mol. The van der Waals surface area contributed by atoms with Gasteiger partial charge >= 0.3 is 0 Å². The van der Waals surface area contributed by atoms with Crippen molar-refractivity contribution in [3.05, 3.63) is 90.6 Å². The minimum atomic E-state index is -3.74. The van der Waals surface area contributed by atoms with E-state index in [4.69, 9.17) is 0 Å². The van der Waals surface area contributed by atoms with Crippen molar-refractivity contribution in [2.24, 2.45) is 0 Å². The first-order chi connectivity index (χ1) is 13.0. The molecule has 7 heteroatoms. The molecule has 1 heterocycles. The number of anilines is 2. The smallest absolute Gasteiger partial charge is 0.263 e. The second kappa shape index (κ2) is 8.29. The van der Waals surface area contributed by atoms with Crippen molar-refractivity contribution in [3.8, 4) is 0 Å². The van der Waals surface area contributed by atoms with E-state index in [1.165, 1.54) is 36.5 Å². The largest absolute Gasteiger partial charge is 0.323 e. The number of sulfonamides is 1. The number of pyridine rings is 1. The summed E-state index contributed by atoms with van der Waals surface area (Å²) < 4.78 is 27.1. The number of aromatic nitrogens is 1. The minimum absolute atomic E-state index is 0.0750. The third-order valence-corrected chi connectivity index (χ3v) is 4.93. The van der Waals surface area contributed by atoms with Crippen molar-refractivity contribution in [1.82, 2.24) is 4.98 Å². The molecule has 6 nitrogen and oxygen atoms in total. The molecule has 3 rings (SSSR count). The van der Waals surface area contributed by atoms with Crippen LogP contribution in [0.3, 0.4) is 0 Å². The summed E-state index contributed by atoms with van der Waals surface area (Å²) in [5, 5.41) is 2.69. The van der Waals surface area contributed by atoms with E-state index in [9.17, 15) is 13.2 Å². The van der Waals surface area contributed by atoms with Crippen molar-refractivity contribution in [1.29, 1.82) is 0 Å². The van der Waals surface area contributed by atoms with Gasteiger partial charge in [-0.2, -0.15) is 0 Å². The van der Waals surface area contributed by atoms with E-state index >= 15 is 0 Å². The van der Waals surface area contributed by atoms with E-state index in [1.807, 2.05) is 30.3 Å². The molecule has 1 aromatic heterocycles. The van der Waals surface area contributed by atoms with Crippen LogP contribution in [0.2, 0.25) is 0 Å². The highest BCUT2D eigenvalue weighted by Gasteiger charge is 2.14. The van der Waals surface area contributed by atoms with Gasteiger partial charge in [-0.1, -0.05) is 36.4 Å². The zero-order valence-electron chi connectivity index (χ0n) is 14.2. The van der Waals surface area contributed by atoms with Crippen LogP contribution in [0.1, 0.15) is 5.56 Å². The van der Waals surface area contributed by atoms with Gasteiger partial charge in [0, 0.05) is 18.0 Å². The van der Waals surface area contributed by atoms with Gasteiger partial charge in [-0.3, -0.25) is 9.52 Å². The van der Waals surface area contributed by atoms with Gasteiger partial charge in [0.15, 0.2) is 0 Å². The van der Waals surface area contributed by atoms with E-state index in [-0.39, 0.29) is 16.6 Å². The molecule has 0 spiro atoms. The number of carbonyl (C=O) groups is 1. The van der Waals surface area contributed by atoms with Crippen LogP contribution in [0.25, 0.3) is 6.08 Å². The van der Waals surface area contributed by atoms with E-state index in [2.05, 4.69) is 15.0 Å². The van der Waals surface area contributed by atoms with Crippen LogP contribution < -0.4 is 10.0 Å². The third kappa shape index (κ3) is 5.26. The summed E-state index contributed by atoms with van der Waals surface area (Å²) in [6, 6.07) is 20.3. The molecule has 0 aliphatic rings. The average molecular weight is 379 g/mol. The molecule has 0 aliphatic carbocycles. The van der Waals surface area contributed by atoms with Gasteiger partial charge in [0.2, 0.25) is 5.91 Å². The molecule has 0 unspecified atom stereocenters. The van der Waals surface area contributed by atoms with E-state index < -0.39 is 10.0 Å². The van der Waals surface area contributed by atoms with Crippen LogP contribution in [-0.4, -0.2) is 19.3 Å². The number of carbonyl (C=O) groups excluding carboxylic acids is 1. The lowest BCUT2D eigenvalue weighted by molar-refractivity contribution is -0.111. The highest BCUT2D eigenvalue weighted by atomic mass is 32.2. The predicted octanol–water partition coefficient (Wildman–Crippen LogP) is 3.53. The van der Waals surface area contributed by atoms with Crippen LogP contribution in [0.4, 0.5) is 11.5 Å². The quantitative estimate of drug-likeness (QED) is 0.641. The van der Waals surface area contributed by atoms with Crippen molar-refractivity contribution in [3.63, 3.8) is 0 Å². The second-order valence-electron chi connectivity index (χ2n) is 5.58. The van der Waals surface area contributed by atoms with Gasteiger partial charge in [-0.25, -0.2) is 13.4 Å². The number of nitrogens with zero attached hydrogens (tertiary/aromatic N) is 1. The number of hydrogen-bond donors (Lipinski definition) is 2. The average Bonchev–Trinajstić information content (AvgIpc) is 2.68. The van der Waals surface area contributed by atoms with Crippen molar-refractivity contribution in [2.45, 2.75) is 4.90 Å². The summed E-state index contributed by atoms with van der Waals surface area (Å²) in [5.41, 5.74) is 1.41. The first-order valence-electron chi connectivity index (χ1n) is 8.11. The van der Waals surface area contributed by atoms with Gasteiger partial charge in [0.05, 0.1) is 4.90 Å². The first-order valence-corrected chi connectivity index (χ1v) is 9.59. The van der Waals surface area contributed by atoms with Crippen LogP contribution in [0.5, 0.6) is 0 Å². The van der Waals surface area contributed by atoms with Crippen molar-refractivity contribution >= 4 is 33.5 Å². The Hall–Kier alpha value is -3.45. The Morgan fingerprint density at radius 2 is 1.59 bits per heavy atom. The molecule has 0 aliphatic heterocycles. The maximum Gasteiger partial charge on any atom is 0.263 e. The van der Waals surface area contributed by atoms with Gasteiger partial charge in [-0.05, 0) is 48.0 Å². The van der Waals surface area contributed by atoms with Gasteiger partial charge in [0.1, 0.15) is 5.82 Å². The van der Waals surface area contributed by atoms with Crippen LogP contribution >= 0.6 is 0 Å². The monoisotopic (exact) mass is 379 g/mol. The molecule has 0 saturated carbocycles. The lowest BCUT2D eigenvalue weighted by Crippen LogP contribution is -2.14. The van der Waals surface area contributed by atoms with Gasteiger partial charge in [-0.15, -0.1) is 0 Å². The molecule has 27 heavy (non-hydrogen) atoms. The molecule has 3 aromatic rings. The Morgan fingerprint density at radius 1 is 0.889 bits per heavy atom. The fourth-order valence-electron chi connectivity index (χ4n) is 2.26. The van der Waals surface area contributed by atoms with Crippen molar-refractivity contribution < 1.29 is 13.2 Å². The van der Waals surface area contributed by atoms with Gasteiger partial charge in [0.25, 0.3) is 10.0 Å². The minimum Gasteiger partial charge on any atom is -0.323 e. The Morgan fingerprint density at radius 3 is 2.26 bits per heavy atom. The Labute approximate surface area is 157 Å². The number of hydrogen-bond acceptors (Lipinski definition) is 4. The molecular formula is C20H17N3O3S. The summed E-state index contributed by atoms with van der Waals surface area (Å²) in [7, 11) is -3.74. The van der Waals surface area contributed by atoms with Crippen LogP contribution in [-0.2, 0) is 14.8 Å². The normalized spacial score (nSPS) is 11.3. The predicted molar refractivity (Wildman–Crippen MR) is 106 cm³/mol. The molecule has 0 saturated heterocycles. The standard InChI is InChI=1S/C20H17N3O3S/c24-20(14-9-16-6-2-1-3-7-16)22-17-10-12-18(13-11-17)27(25,26)23-19-8-4-5-15-21-19/h1-15H,(H,21,23)(H,22,24)/b14-9+. The maximum atomic E-state index is 12.3. The lowest BCUT2D eigenvalue weighted by Gasteiger charge is -2.08. The fourth-order valence-corrected chi connectivity index (χ4v) is 3.27. The first kappa shape index (κ1) is 18.3. The van der Waals surface area contributed by atoms with Crippen LogP contribution in [0.15, 0.2) is 90.0 Å². The third-order valence-electron chi connectivity index (χ3n) is 3.56. The number of nitrogens with one attached hydrogen (secondary N) is 2. The SMILES string of the molecule is O=C(/C=C/c1ccccc1)Nc1ccc(S(=O)(=O)Nc2ccccn2)cc1. The Balaban J connectivity index is 1.64. The van der Waals surface area contributed by atoms with Crippen molar-refractivity contribution in [2.75, 3.05) is 10.0 Å². The topological polar surface area (TPSA) is 88.2 Å². The maximum absolute atomic E-state index is 12.3. The molecule has 0 bridgehead atoms. The zero-order valence-corrected chi connectivity index (χ0v) is 15.1. The summed E-state index contributed by atoms with van der Waals surface area (Å²) in [6.45, 7) is 0. The molecule has 2 aromatic carbocycles. The molecule has 0 radical (unpaired) electrons. The summed E-state index contributed by atoms with van der Waals surface area (Å²) >= 11 is 0. The fraction of sp³-hybridized carbons (Fsp3) is 0. The number of benzene rings is 2. The van der Waals surface area contributed by atoms with E-state index in [0.29, 0.717) is 5.69 Å². The van der Waals surface area contributed by atoms with Gasteiger partial charge < -0.3 is 5.32 Å². The highest BCUT2D eigenvalue weighted by Crippen LogP contribution is 2.17. The van der Waals surface area contributed by atoms with E-state index in [1.54, 1.807) is 24.3 Å². The summed E-state index contributed by atoms with van der Waals surface area (Å²) in [5.74, 6) is -0.0676. The number of amides is 1. The molecule has 1 amide bonds. The summed E-state index contributed by atoms with van der Waals surface area (Å²) in [6.07, 6.45) is 4.62. The molecule has 136 valence electrons. The van der Waals surface area contributed by atoms with E-state index in [0.717, 1.165) is 5.56 Å². The lowest BCUT2D eigenvalue weighted by atomic mass is 10.2. The second-order valence-corrected chi connectivity index (χ2v) is 7.26. The number of rotatable bonds is 6. The Kier molecular flexibility index (Phi) is 5.63. The Bertz CT molecular complexity index is 1030. The zero-order chi connectivity index (χ0) is 19.1. The summed E-state index contributed by atoms with van der Waals surface area (Å²) in [4.78, 5) is 16.0. The van der Waals surface area contributed by atoms with Crippen LogP contribution in [0, 0.1) is 0 Å². The molecule has 2 N–H and O–H groups in total.